The summed E-state index contributed by atoms with van der Waals surface area (Å²) in [4.78, 5) is 0. The second kappa shape index (κ2) is 6.63. The maximum Gasteiger partial charge on any atom is 0.120 e. The SMILES string of the molecule is C#CC(NC)c1cccc(OCc2ccccc2)c1. The fraction of sp³-hybridized carbons (Fsp3) is 0.176. The zero-order chi connectivity index (χ0) is 13.5. The van der Waals surface area contributed by atoms with E-state index in [9.17, 15) is 0 Å². The van der Waals surface area contributed by atoms with Gasteiger partial charge in [0.15, 0.2) is 0 Å². The minimum absolute atomic E-state index is 0.0831. The summed E-state index contributed by atoms with van der Waals surface area (Å²) < 4.78 is 5.78. The van der Waals surface area contributed by atoms with Crippen molar-refractivity contribution in [1.29, 1.82) is 0 Å². The number of terminal acetylenes is 1. The van der Waals surface area contributed by atoms with Crippen LogP contribution in [0.15, 0.2) is 54.6 Å². The van der Waals surface area contributed by atoms with Crippen molar-refractivity contribution in [3.63, 3.8) is 0 Å². The van der Waals surface area contributed by atoms with Gasteiger partial charge in [-0.1, -0.05) is 48.4 Å². The summed E-state index contributed by atoms with van der Waals surface area (Å²) in [6, 6.07) is 17.9. The van der Waals surface area contributed by atoms with Gasteiger partial charge in [0, 0.05) is 0 Å². The van der Waals surface area contributed by atoms with Crippen molar-refractivity contribution < 1.29 is 4.74 Å². The lowest BCUT2D eigenvalue weighted by Crippen LogP contribution is -2.14. The molecule has 2 aromatic carbocycles. The molecule has 0 saturated heterocycles. The number of nitrogens with one attached hydrogen (secondary N) is 1. The van der Waals surface area contributed by atoms with E-state index < -0.39 is 0 Å². The predicted molar refractivity (Wildman–Crippen MR) is 77.8 cm³/mol. The standard InChI is InChI=1S/C17H17NO/c1-3-17(18-2)15-10-7-11-16(12-15)19-13-14-8-5-4-6-9-14/h1,4-12,17-18H,13H2,2H3. The third-order valence-electron chi connectivity index (χ3n) is 2.90. The minimum atomic E-state index is -0.0831. The number of hydrogen-bond donors (Lipinski definition) is 1. The van der Waals surface area contributed by atoms with E-state index in [-0.39, 0.29) is 6.04 Å². The Morgan fingerprint density at radius 1 is 1.16 bits per heavy atom. The molecule has 0 radical (unpaired) electrons. The number of benzene rings is 2. The molecule has 0 heterocycles. The molecule has 0 aliphatic rings. The second-order valence-electron chi connectivity index (χ2n) is 4.24. The molecule has 1 N–H and O–H groups in total. The first-order chi connectivity index (χ1) is 9.33. The molecular formula is C17H17NO. The van der Waals surface area contributed by atoms with E-state index in [2.05, 4.69) is 11.2 Å². The predicted octanol–water partition coefficient (Wildman–Crippen LogP) is 3.16. The first-order valence-electron chi connectivity index (χ1n) is 6.23. The van der Waals surface area contributed by atoms with E-state index in [0.29, 0.717) is 6.61 Å². The van der Waals surface area contributed by atoms with Crippen LogP contribution in [-0.4, -0.2) is 7.05 Å². The Morgan fingerprint density at radius 3 is 2.63 bits per heavy atom. The highest BCUT2D eigenvalue weighted by atomic mass is 16.5. The first kappa shape index (κ1) is 13.2. The number of ether oxygens (including phenoxy) is 1. The molecule has 19 heavy (non-hydrogen) atoms. The van der Waals surface area contributed by atoms with E-state index in [4.69, 9.17) is 11.2 Å². The van der Waals surface area contributed by atoms with Gasteiger partial charge in [-0.3, -0.25) is 0 Å². The summed E-state index contributed by atoms with van der Waals surface area (Å²) in [6.45, 7) is 0.560. The van der Waals surface area contributed by atoms with Gasteiger partial charge in [0.1, 0.15) is 12.4 Å². The minimum Gasteiger partial charge on any atom is -0.489 e. The molecule has 96 valence electrons. The Hall–Kier alpha value is -2.24. The zero-order valence-electron chi connectivity index (χ0n) is 11.0. The molecule has 2 rings (SSSR count). The van der Waals surface area contributed by atoms with E-state index in [1.807, 2.05) is 61.6 Å². The average Bonchev–Trinajstić information content (AvgIpc) is 2.48. The molecule has 0 fully saturated rings. The quantitative estimate of drug-likeness (QED) is 0.824. The van der Waals surface area contributed by atoms with Gasteiger partial charge in [0.25, 0.3) is 0 Å². The maximum absolute atomic E-state index is 5.78. The molecule has 0 saturated carbocycles. The van der Waals surface area contributed by atoms with Gasteiger partial charge in [0.2, 0.25) is 0 Å². The fourth-order valence-electron chi connectivity index (χ4n) is 1.87. The average molecular weight is 251 g/mol. The molecule has 1 unspecified atom stereocenters. The Morgan fingerprint density at radius 2 is 1.95 bits per heavy atom. The summed E-state index contributed by atoms with van der Waals surface area (Å²) in [7, 11) is 1.85. The molecule has 0 aliphatic heterocycles. The summed E-state index contributed by atoms with van der Waals surface area (Å²) in [5.41, 5.74) is 2.19. The summed E-state index contributed by atoms with van der Waals surface area (Å²) in [5.74, 6) is 3.53. The third-order valence-corrected chi connectivity index (χ3v) is 2.90. The lowest BCUT2D eigenvalue weighted by molar-refractivity contribution is 0.306. The van der Waals surface area contributed by atoms with Gasteiger partial charge < -0.3 is 10.1 Å². The largest absolute Gasteiger partial charge is 0.489 e. The monoisotopic (exact) mass is 251 g/mol. The molecular weight excluding hydrogens is 234 g/mol. The molecule has 0 aromatic heterocycles. The molecule has 0 spiro atoms. The van der Waals surface area contributed by atoms with Crippen molar-refractivity contribution in [2.45, 2.75) is 12.6 Å². The Bertz CT molecular complexity index is 557. The van der Waals surface area contributed by atoms with Gasteiger partial charge in [-0.05, 0) is 30.3 Å². The van der Waals surface area contributed by atoms with Crippen molar-refractivity contribution in [2.75, 3.05) is 7.05 Å². The van der Waals surface area contributed by atoms with E-state index in [1.54, 1.807) is 0 Å². The van der Waals surface area contributed by atoms with Gasteiger partial charge in [-0.2, -0.15) is 0 Å². The summed E-state index contributed by atoms with van der Waals surface area (Å²) >= 11 is 0. The normalized spacial score (nSPS) is 11.6. The van der Waals surface area contributed by atoms with Crippen LogP contribution >= 0.6 is 0 Å². The van der Waals surface area contributed by atoms with Crippen LogP contribution in [0.2, 0.25) is 0 Å². The highest BCUT2D eigenvalue weighted by molar-refractivity contribution is 5.34. The lowest BCUT2D eigenvalue weighted by Gasteiger charge is -2.12. The van der Waals surface area contributed by atoms with Crippen LogP contribution in [0.4, 0.5) is 0 Å². The Labute approximate surface area is 114 Å². The summed E-state index contributed by atoms with van der Waals surface area (Å²) in [6.07, 6.45) is 5.48. The van der Waals surface area contributed by atoms with E-state index in [1.165, 1.54) is 0 Å². The van der Waals surface area contributed by atoms with Gasteiger partial charge in [-0.15, -0.1) is 6.42 Å². The molecule has 0 bridgehead atoms. The zero-order valence-corrected chi connectivity index (χ0v) is 11.0. The maximum atomic E-state index is 5.78. The van der Waals surface area contributed by atoms with Gasteiger partial charge >= 0.3 is 0 Å². The van der Waals surface area contributed by atoms with Crippen LogP contribution in [0.25, 0.3) is 0 Å². The van der Waals surface area contributed by atoms with Crippen LogP contribution in [0.1, 0.15) is 17.2 Å². The first-order valence-corrected chi connectivity index (χ1v) is 6.23. The van der Waals surface area contributed by atoms with Crippen molar-refractivity contribution >= 4 is 0 Å². The second-order valence-corrected chi connectivity index (χ2v) is 4.24. The van der Waals surface area contributed by atoms with Crippen LogP contribution in [0, 0.1) is 12.3 Å². The van der Waals surface area contributed by atoms with Crippen LogP contribution in [-0.2, 0) is 6.61 Å². The van der Waals surface area contributed by atoms with E-state index >= 15 is 0 Å². The lowest BCUT2D eigenvalue weighted by atomic mass is 10.1. The Kier molecular flexibility index (Phi) is 4.60. The number of rotatable bonds is 5. The van der Waals surface area contributed by atoms with Crippen LogP contribution in [0.5, 0.6) is 5.75 Å². The molecule has 0 amide bonds. The molecule has 0 aliphatic carbocycles. The summed E-state index contributed by atoms with van der Waals surface area (Å²) in [5, 5.41) is 3.08. The molecule has 2 aromatic rings. The van der Waals surface area contributed by atoms with Crippen LogP contribution < -0.4 is 10.1 Å². The molecule has 2 nitrogen and oxygen atoms in total. The van der Waals surface area contributed by atoms with Crippen molar-refractivity contribution in [1.82, 2.24) is 5.32 Å². The van der Waals surface area contributed by atoms with Gasteiger partial charge in [0.05, 0.1) is 6.04 Å². The highest BCUT2D eigenvalue weighted by Gasteiger charge is 2.06. The number of hydrogen-bond acceptors (Lipinski definition) is 2. The molecule has 1 atom stereocenters. The van der Waals surface area contributed by atoms with Crippen molar-refractivity contribution in [2.24, 2.45) is 0 Å². The van der Waals surface area contributed by atoms with E-state index in [0.717, 1.165) is 16.9 Å². The van der Waals surface area contributed by atoms with Gasteiger partial charge in [-0.25, -0.2) is 0 Å². The van der Waals surface area contributed by atoms with Crippen LogP contribution in [0.3, 0.4) is 0 Å². The van der Waals surface area contributed by atoms with Crippen molar-refractivity contribution in [3.8, 4) is 18.1 Å². The van der Waals surface area contributed by atoms with Crippen molar-refractivity contribution in [3.05, 3.63) is 65.7 Å². The topological polar surface area (TPSA) is 21.3 Å². The smallest absolute Gasteiger partial charge is 0.120 e. The highest BCUT2D eigenvalue weighted by Crippen LogP contribution is 2.19. The Balaban J connectivity index is 2.05. The third kappa shape index (κ3) is 3.61. The fourth-order valence-corrected chi connectivity index (χ4v) is 1.87. The molecule has 2 heteroatoms.